The van der Waals surface area contributed by atoms with Crippen molar-refractivity contribution in [3.63, 3.8) is 0 Å². The molecule has 8 heteroatoms. The molecule has 1 heterocycles. The molecule has 6 rings (SSSR count). The topological polar surface area (TPSA) is 126 Å². The van der Waals surface area contributed by atoms with Gasteiger partial charge in [0.05, 0.1) is 0 Å². The Morgan fingerprint density at radius 3 is 2.16 bits per heavy atom. The maximum atomic E-state index is 14.0. The van der Waals surface area contributed by atoms with Gasteiger partial charge in [0.1, 0.15) is 18.2 Å². The van der Waals surface area contributed by atoms with Gasteiger partial charge in [0, 0.05) is 35.9 Å². The summed E-state index contributed by atoms with van der Waals surface area (Å²) >= 11 is 0. The van der Waals surface area contributed by atoms with Crippen LogP contribution in [0.25, 0.3) is 22.0 Å². The number of aromatic amines is 1. The average Bonchev–Trinajstić information content (AvgIpc) is 3.58. The lowest BCUT2D eigenvalue weighted by atomic mass is 9.90. The van der Waals surface area contributed by atoms with Gasteiger partial charge in [0.15, 0.2) is 0 Å². The molecule has 3 amide bonds. The van der Waals surface area contributed by atoms with E-state index in [1.54, 1.807) is 6.92 Å². The number of nitrogens with two attached hydrogens (primary N) is 1. The minimum absolute atomic E-state index is 0.0998. The molecule has 1 aliphatic rings. The zero-order valence-corrected chi connectivity index (χ0v) is 24.4. The van der Waals surface area contributed by atoms with Crippen LogP contribution in [-0.4, -0.2) is 41.1 Å². The summed E-state index contributed by atoms with van der Waals surface area (Å²) in [5.41, 5.74) is 11.2. The largest absolute Gasteiger partial charge is 0.449 e. The SMILES string of the molecule is C[C@](Cc1c[nH]c2ccccc12)(NC(=O)OCC1c2ccccc2-c2ccccc21)C(=O)N[C@@H](Cc1ccccc1)C(N)=O. The van der Waals surface area contributed by atoms with Crippen LogP contribution >= 0.6 is 0 Å². The minimum atomic E-state index is -1.47. The number of para-hydroxylation sites is 1. The highest BCUT2D eigenvalue weighted by molar-refractivity contribution is 5.94. The standard InChI is InChI=1S/C36H34N4O4/c1-36(20-24-21-38-31-18-10-9-13-25(24)31,34(42)39-32(33(37)41)19-23-11-3-2-4-12-23)40-35(43)44-22-30-28-16-7-5-14-26(28)27-15-6-8-17-29(27)30/h2-18,21,30,32,38H,19-20,22H2,1H3,(H2,37,41)(H,39,42)(H,40,43)/t32-,36+/m0/s1. The minimum Gasteiger partial charge on any atom is -0.449 e. The van der Waals surface area contributed by atoms with Crippen molar-refractivity contribution in [2.24, 2.45) is 5.73 Å². The highest BCUT2D eigenvalue weighted by Crippen LogP contribution is 2.44. The van der Waals surface area contributed by atoms with Gasteiger partial charge in [-0.1, -0.05) is 97.1 Å². The molecule has 4 aromatic carbocycles. The third kappa shape index (κ3) is 5.79. The number of hydrogen-bond acceptors (Lipinski definition) is 4. The van der Waals surface area contributed by atoms with Crippen LogP contribution in [0.5, 0.6) is 0 Å². The van der Waals surface area contributed by atoms with E-state index in [1.807, 2.05) is 97.2 Å². The van der Waals surface area contributed by atoms with Gasteiger partial charge in [0.2, 0.25) is 11.8 Å². The number of aromatic nitrogens is 1. The number of rotatable bonds is 10. The van der Waals surface area contributed by atoms with Crippen LogP contribution in [0.2, 0.25) is 0 Å². The quantitative estimate of drug-likeness (QED) is 0.179. The molecule has 0 unspecified atom stereocenters. The highest BCUT2D eigenvalue weighted by Gasteiger charge is 2.39. The van der Waals surface area contributed by atoms with E-state index in [0.29, 0.717) is 0 Å². The van der Waals surface area contributed by atoms with Crippen molar-refractivity contribution in [3.05, 3.63) is 132 Å². The summed E-state index contributed by atoms with van der Waals surface area (Å²) in [6, 6.07) is 32.3. The Bertz CT molecular complexity index is 1790. The number of hydrogen-bond donors (Lipinski definition) is 4. The summed E-state index contributed by atoms with van der Waals surface area (Å²) in [7, 11) is 0. The van der Waals surface area contributed by atoms with E-state index in [0.717, 1.165) is 44.3 Å². The molecule has 5 N–H and O–H groups in total. The fourth-order valence-electron chi connectivity index (χ4n) is 6.09. The van der Waals surface area contributed by atoms with Crippen LogP contribution in [0.15, 0.2) is 109 Å². The van der Waals surface area contributed by atoms with Gasteiger partial charge in [-0.25, -0.2) is 4.79 Å². The number of carbonyl (C=O) groups excluding carboxylic acids is 3. The van der Waals surface area contributed by atoms with E-state index < -0.39 is 29.5 Å². The molecule has 0 radical (unpaired) electrons. The summed E-state index contributed by atoms with van der Waals surface area (Å²) in [5.74, 6) is -1.35. The van der Waals surface area contributed by atoms with E-state index >= 15 is 0 Å². The number of fused-ring (bicyclic) bond motifs is 4. The number of nitrogens with one attached hydrogen (secondary N) is 3. The zero-order valence-electron chi connectivity index (χ0n) is 24.4. The molecular formula is C36H34N4O4. The van der Waals surface area contributed by atoms with Gasteiger partial charge in [-0.2, -0.15) is 0 Å². The Kier molecular flexibility index (Phi) is 7.89. The third-order valence-electron chi connectivity index (χ3n) is 8.37. The van der Waals surface area contributed by atoms with E-state index in [2.05, 4.69) is 27.8 Å². The van der Waals surface area contributed by atoms with Crippen LogP contribution < -0.4 is 16.4 Å². The summed E-state index contributed by atoms with van der Waals surface area (Å²) < 4.78 is 5.81. The van der Waals surface area contributed by atoms with Crippen LogP contribution in [0, 0.1) is 0 Å². The van der Waals surface area contributed by atoms with Gasteiger partial charge in [-0.05, 0) is 46.4 Å². The fraction of sp³-hybridized carbons (Fsp3) is 0.194. The van der Waals surface area contributed by atoms with E-state index in [-0.39, 0.29) is 25.4 Å². The maximum absolute atomic E-state index is 14.0. The monoisotopic (exact) mass is 586 g/mol. The molecule has 0 saturated heterocycles. The maximum Gasteiger partial charge on any atom is 0.408 e. The molecule has 222 valence electrons. The van der Waals surface area contributed by atoms with Crippen molar-refractivity contribution >= 4 is 28.8 Å². The fourth-order valence-corrected chi connectivity index (χ4v) is 6.09. The lowest BCUT2D eigenvalue weighted by molar-refractivity contribution is -0.131. The number of alkyl carbamates (subject to hydrolysis) is 1. The van der Waals surface area contributed by atoms with Gasteiger partial charge < -0.3 is 26.1 Å². The highest BCUT2D eigenvalue weighted by atomic mass is 16.5. The van der Waals surface area contributed by atoms with E-state index in [9.17, 15) is 14.4 Å². The molecule has 8 nitrogen and oxygen atoms in total. The molecule has 0 spiro atoms. The summed E-state index contributed by atoms with van der Waals surface area (Å²) in [6.07, 6.45) is 1.45. The van der Waals surface area contributed by atoms with Crippen molar-refractivity contribution in [1.29, 1.82) is 0 Å². The smallest absolute Gasteiger partial charge is 0.408 e. The van der Waals surface area contributed by atoms with Crippen LogP contribution in [0.4, 0.5) is 4.79 Å². The van der Waals surface area contributed by atoms with E-state index in [1.165, 1.54) is 0 Å². The van der Waals surface area contributed by atoms with Gasteiger partial charge in [-0.3, -0.25) is 9.59 Å². The van der Waals surface area contributed by atoms with Crippen LogP contribution in [0.3, 0.4) is 0 Å². The predicted octanol–water partition coefficient (Wildman–Crippen LogP) is 5.22. The molecule has 0 saturated carbocycles. The summed E-state index contributed by atoms with van der Waals surface area (Å²) in [5, 5.41) is 6.57. The van der Waals surface area contributed by atoms with Gasteiger partial charge >= 0.3 is 6.09 Å². The number of ether oxygens (including phenoxy) is 1. The molecule has 0 fully saturated rings. The van der Waals surface area contributed by atoms with Gasteiger partial charge in [-0.15, -0.1) is 0 Å². The Balaban J connectivity index is 1.23. The number of H-pyrrole nitrogens is 1. The second-order valence-electron chi connectivity index (χ2n) is 11.4. The van der Waals surface area contributed by atoms with Crippen molar-refractivity contribution < 1.29 is 19.1 Å². The van der Waals surface area contributed by atoms with Crippen molar-refractivity contribution in [3.8, 4) is 11.1 Å². The first kappa shape index (κ1) is 28.7. The average molecular weight is 587 g/mol. The van der Waals surface area contributed by atoms with Crippen molar-refractivity contribution in [2.75, 3.05) is 6.61 Å². The van der Waals surface area contributed by atoms with Gasteiger partial charge in [0.25, 0.3) is 0 Å². The second kappa shape index (κ2) is 12.1. The first-order chi connectivity index (χ1) is 21.3. The molecule has 2 atom stereocenters. The Hall–Kier alpha value is -5.37. The first-order valence-electron chi connectivity index (χ1n) is 14.6. The number of primary amides is 1. The zero-order chi connectivity index (χ0) is 30.7. The molecule has 1 aromatic heterocycles. The van der Waals surface area contributed by atoms with Crippen molar-refractivity contribution in [1.82, 2.24) is 15.6 Å². The molecule has 44 heavy (non-hydrogen) atoms. The number of amides is 3. The molecule has 0 bridgehead atoms. The van der Waals surface area contributed by atoms with E-state index in [4.69, 9.17) is 10.5 Å². The predicted molar refractivity (Wildman–Crippen MR) is 170 cm³/mol. The normalized spacial score (nSPS) is 14.2. The lowest BCUT2D eigenvalue weighted by Crippen LogP contribution is -2.61. The van der Waals surface area contributed by atoms with Crippen LogP contribution in [-0.2, 0) is 27.2 Å². The Labute approximate surface area is 255 Å². The first-order valence-corrected chi connectivity index (χ1v) is 14.6. The third-order valence-corrected chi connectivity index (χ3v) is 8.37. The number of benzene rings is 4. The Morgan fingerprint density at radius 2 is 1.48 bits per heavy atom. The molecular weight excluding hydrogens is 552 g/mol. The summed E-state index contributed by atoms with van der Waals surface area (Å²) in [4.78, 5) is 43.0. The lowest BCUT2D eigenvalue weighted by Gasteiger charge is -2.31. The molecule has 0 aliphatic heterocycles. The number of carbonyl (C=O) groups is 3. The van der Waals surface area contributed by atoms with Crippen LogP contribution in [0.1, 0.15) is 35.1 Å². The molecule has 5 aromatic rings. The molecule has 1 aliphatic carbocycles. The van der Waals surface area contributed by atoms with Crippen molar-refractivity contribution in [2.45, 2.75) is 37.3 Å². The second-order valence-corrected chi connectivity index (χ2v) is 11.4. The summed E-state index contributed by atoms with van der Waals surface area (Å²) in [6.45, 7) is 1.73. The Morgan fingerprint density at radius 1 is 0.864 bits per heavy atom.